The third-order valence-corrected chi connectivity index (χ3v) is 3.88. The number of amides is 3. The van der Waals surface area contributed by atoms with E-state index in [0.717, 1.165) is 24.2 Å². The molecular formula is C16H23N3O3. The van der Waals surface area contributed by atoms with Gasteiger partial charge in [0.2, 0.25) is 5.91 Å². The van der Waals surface area contributed by atoms with Crippen LogP contribution in [0.15, 0.2) is 24.3 Å². The highest BCUT2D eigenvalue weighted by Gasteiger charge is 2.35. The first-order valence-electron chi connectivity index (χ1n) is 7.46. The van der Waals surface area contributed by atoms with Crippen molar-refractivity contribution in [1.82, 2.24) is 15.5 Å². The fraction of sp³-hybridized carbons (Fsp3) is 0.500. The first-order valence-corrected chi connectivity index (χ1v) is 7.46. The summed E-state index contributed by atoms with van der Waals surface area (Å²) in [5, 5.41) is 4.74. The number of ether oxygens (including phenoxy) is 1. The molecule has 2 rings (SSSR count). The molecule has 1 aliphatic rings. The predicted octanol–water partition coefficient (Wildman–Crippen LogP) is 1.50. The lowest BCUT2D eigenvalue weighted by Gasteiger charge is -2.28. The zero-order chi connectivity index (χ0) is 16.1. The number of hydrogen-bond acceptors (Lipinski definition) is 4. The van der Waals surface area contributed by atoms with Crippen LogP contribution in [-0.2, 0) is 11.3 Å². The molecular weight excluding hydrogens is 282 g/mol. The van der Waals surface area contributed by atoms with E-state index in [9.17, 15) is 9.59 Å². The maximum Gasteiger partial charge on any atom is 0.321 e. The maximum absolute atomic E-state index is 12.1. The number of nitrogens with one attached hydrogen (secondary N) is 2. The summed E-state index contributed by atoms with van der Waals surface area (Å²) in [6.45, 7) is 2.51. The van der Waals surface area contributed by atoms with E-state index < -0.39 is 6.03 Å². The molecule has 0 heterocycles. The van der Waals surface area contributed by atoms with Crippen molar-refractivity contribution >= 4 is 11.9 Å². The zero-order valence-corrected chi connectivity index (χ0v) is 13.3. The monoisotopic (exact) mass is 305 g/mol. The Morgan fingerprint density at radius 3 is 2.45 bits per heavy atom. The summed E-state index contributed by atoms with van der Waals surface area (Å²) in [4.78, 5) is 25.6. The average molecular weight is 305 g/mol. The number of nitrogens with zero attached hydrogens (tertiary/aromatic N) is 1. The third kappa shape index (κ3) is 4.21. The Hall–Kier alpha value is -2.08. The average Bonchev–Trinajstić information content (AvgIpc) is 3.37. The number of urea groups is 1. The second-order valence-electron chi connectivity index (χ2n) is 5.50. The summed E-state index contributed by atoms with van der Waals surface area (Å²) in [5.74, 6) is 0.534. The number of methoxy groups -OCH3 is 1. The molecule has 0 saturated heterocycles. The Bertz CT molecular complexity index is 526. The highest BCUT2D eigenvalue weighted by atomic mass is 16.5. The molecule has 3 amide bonds. The van der Waals surface area contributed by atoms with Crippen LogP contribution in [0.5, 0.6) is 5.75 Å². The van der Waals surface area contributed by atoms with Gasteiger partial charge in [-0.2, -0.15) is 0 Å². The van der Waals surface area contributed by atoms with E-state index in [-0.39, 0.29) is 11.9 Å². The Morgan fingerprint density at radius 2 is 1.95 bits per heavy atom. The minimum atomic E-state index is -0.475. The van der Waals surface area contributed by atoms with Gasteiger partial charge in [-0.1, -0.05) is 12.1 Å². The molecule has 6 nitrogen and oxygen atoms in total. The molecule has 0 radical (unpaired) electrons. The molecule has 0 bridgehead atoms. The molecule has 0 unspecified atom stereocenters. The Kier molecular flexibility index (Phi) is 5.38. The number of imide groups is 1. The van der Waals surface area contributed by atoms with Crippen LogP contribution in [0.1, 0.15) is 25.3 Å². The summed E-state index contributed by atoms with van der Waals surface area (Å²) >= 11 is 0. The second-order valence-corrected chi connectivity index (χ2v) is 5.50. The van der Waals surface area contributed by atoms with Gasteiger partial charge in [0.25, 0.3) is 0 Å². The van der Waals surface area contributed by atoms with Crippen LogP contribution in [0.3, 0.4) is 0 Å². The number of benzene rings is 1. The van der Waals surface area contributed by atoms with E-state index in [1.165, 1.54) is 7.05 Å². The number of carbonyl (C=O) groups excluding carboxylic acids is 2. The first kappa shape index (κ1) is 16.3. The highest BCUT2D eigenvalue weighted by molar-refractivity contribution is 5.96. The molecule has 0 aliphatic heterocycles. The minimum absolute atomic E-state index is 0.278. The molecule has 1 atom stereocenters. The summed E-state index contributed by atoms with van der Waals surface area (Å²) in [7, 11) is 3.12. The zero-order valence-electron chi connectivity index (χ0n) is 13.3. The Labute approximate surface area is 130 Å². The molecule has 0 spiro atoms. The molecule has 120 valence electrons. The van der Waals surface area contributed by atoms with Crippen molar-refractivity contribution in [3.63, 3.8) is 0 Å². The van der Waals surface area contributed by atoms with Gasteiger partial charge in [-0.3, -0.25) is 15.0 Å². The molecule has 6 heteroatoms. The number of carbonyl (C=O) groups is 2. The third-order valence-electron chi connectivity index (χ3n) is 3.88. The Morgan fingerprint density at radius 1 is 1.32 bits per heavy atom. The molecule has 1 fully saturated rings. The molecule has 1 aromatic rings. The van der Waals surface area contributed by atoms with E-state index in [2.05, 4.69) is 15.5 Å². The van der Waals surface area contributed by atoms with Crippen LogP contribution < -0.4 is 15.4 Å². The fourth-order valence-electron chi connectivity index (χ4n) is 2.36. The summed E-state index contributed by atoms with van der Waals surface area (Å²) in [5.41, 5.74) is 1.12. The van der Waals surface area contributed by atoms with Gasteiger partial charge < -0.3 is 10.1 Å². The van der Waals surface area contributed by atoms with Gasteiger partial charge in [-0.25, -0.2) is 4.79 Å². The summed E-state index contributed by atoms with van der Waals surface area (Å²) < 4.78 is 5.15. The fourth-order valence-corrected chi connectivity index (χ4v) is 2.36. The lowest BCUT2D eigenvalue weighted by Crippen LogP contribution is -2.49. The lowest BCUT2D eigenvalue weighted by molar-refractivity contribution is -0.125. The van der Waals surface area contributed by atoms with Crippen LogP contribution in [-0.4, -0.2) is 43.1 Å². The van der Waals surface area contributed by atoms with Gasteiger partial charge in [0, 0.05) is 19.6 Å². The van der Waals surface area contributed by atoms with Crippen molar-refractivity contribution < 1.29 is 14.3 Å². The highest BCUT2D eigenvalue weighted by Crippen LogP contribution is 2.30. The second kappa shape index (κ2) is 7.26. The largest absolute Gasteiger partial charge is 0.497 e. The van der Waals surface area contributed by atoms with E-state index >= 15 is 0 Å². The van der Waals surface area contributed by atoms with Crippen LogP contribution >= 0.6 is 0 Å². The van der Waals surface area contributed by atoms with Crippen molar-refractivity contribution in [1.29, 1.82) is 0 Å². The van der Waals surface area contributed by atoms with Gasteiger partial charge in [0.1, 0.15) is 5.75 Å². The van der Waals surface area contributed by atoms with Gasteiger partial charge in [0.15, 0.2) is 0 Å². The van der Waals surface area contributed by atoms with Crippen LogP contribution in [0, 0.1) is 0 Å². The molecule has 2 N–H and O–H groups in total. The summed E-state index contributed by atoms with van der Waals surface area (Å²) in [6.07, 6.45) is 2.18. The SMILES string of the molecule is CNC(=O)NC(=O)[C@@H](C)N(Cc1ccc(OC)cc1)C1CC1. The van der Waals surface area contributed by atoms with Crippen LogP contribution in [0.25, 0.3) is 0 Å². The topological polar surface area (TPSA) is 70.7 Å². The molecule has 1 saturated carbocycles. The van der Waals surface area contributed by atoms with E-state index in [1.807, 2.05) is 31.2 Å². The van der Waals surface area contributed by atoms with Crippen molar-refractivity contribution in [2.24, 2.45) is 0 Å². The lowest BCUT2D eigenvalue weighted by atomic mass is 10.1. The molecule has 1 aliphatic carbocycles. The minimum Gasteiger partial charge on any atom is -0.497 e. The van der Waals surface area contributed by atoms with Gasteiger partial charge in [0.05, 0.1) is 13.2 Å². The van der Waals surface area contributed by atoms with Crippen molar-refractivity contribution in [3.8, 4) is 5.75 Å². The van der Waals surface area contributed by atoms with Crippen molar-refractivity contribution in [2.75, 3.05) is 14.2 Å². The van der Waals surface area contributed by atoms with E-state index in [4.69, 9.17) is 4.74 Å². The van der Waals surface area contributed by atoms with E-state index in [0.29, 0.717) is 12.6 Å². The van der Waals surface area contributed by atoms with Crippen LogP contribution in [0.2, 0.25) is 0 Å². The van der Waals surface area contributed by atoms with E-state index in [1.54, 1.807) is 7.11 Å². The van der Waals surface area contributed by atoms with Crippen LogP contribution in [0.4, 0.5) is 4.79 Å². The summed E-state index contributed by atoms with van der Waals surface area (Å²) in [6, 6.07) is 7.40. The van der Waals surface area contributed by atoms with Crippen molar-refractivity contribution in [3.05, 3.63) is 29.8 Å². The standard InChI is InChI=1S/C16H23N3O3/c1-11(15(20)18-16(21)17-2)19(13-6-7-13)10-12-4-8-14(22-3)9-5-12/h4-5,8-9,11,13H,6-7,10H2,1-3H3,(H2,17,18,20,21)/t11-/m1/s1. The number of hydrogen-bond donors (Lipinski definition) is 2. The predicted molar refractivity (Wildman–Crippen MR) is 83.6 cm³/mol. The van der Waals surface area contributed by atoms with Gasteiger partial charge in [-0.05, 0) is 37.5 Å². The van der Waals surface area contributed by atoms with Gasteiger partial charge in [-0.15, -0.1) is 0 Å². The van der Waals surface area contributed by atoms with Gasteiger partial charge >= 0.3 is 6.03 Å². The first-order chi connectivity index (χ1) is 10.5. The molecule has 1 aromatic carbocycles. The molecule has 22 heavy (non-hydrogen) atoms. The molecule has 0 aromatic heterocycles. The normalized spacial score (nSPS) is 15.3. The Balaban J connectivity index is 2.02. The quantitative estimate of drug-likeness (QED) is 0.835. The maximum atomic E-state index is 12.1. The smallest absolute Gasteiger partial charge is 0.321 e. The number of rotatable bonds is 6. The van der Waals surface area contributed by atoms with Crippen molar-refractivity contribution in [2.45, 2.75) is 38.4 Å².